The molecule has 0 fully saturated rings. The van der Waals surface area contributed by atoms with Crippen LogP contribution in [0.5, 0.6) is 5.75 Å². The van der Waals surface area contributed by atoms with E-state index in [1.807, 2.05) is 24.3 Å². The van der Waals surface area contributed by atoms with Crippen molar-refractivity contribution in [1.82, 2.24) is 5.32 Å². The van der Waals surface area contributed by atoms with Gasteiger partial charge in [-0.25, -0.2) is 4.79 Å². The van der Waals surface area contributed by atoms with Crippen molar-refractivity contribution in [3.05, 3.63) is 42.1 Å². The summed E-state index contributed by atoms with van der Waals surface area (Å²) in [5, 5.41) is 3.02. The first-order valence-corrected chi connectivity index (χ1v) is 5.37. The molecule has 0 aliphatic rings. The van der Waals surface area contributed by atoms with Gasteiger partial charge in [0.05, 0.1) is 14.2 Å². The third-order valence-corrected chi connectivity index (χ3v) is 2.26. The van der Waals surface area contributed by atoms with Crippen LogP contribution in [0.3, 0.4) is 0 Å². The van der Waals surface area contributed by atoms with Gasteiger partial charge >= 0.3 is 5.97 Å². The minimum Gasteiger partial charge on any atom is -0.497 e. The highest BCUT2D eigenvalue weighted by Crippen LogP contribution is 2.11. The lowest BCUT2D eigenvalue weighted by molar-refractivity contribution is -0.134. The van der Waals surface area contributed by atoms with Crippen LogP contribution in [0.25, 0.3) is 0 Å². The summed E-state index contributed by atoms with van der Waals surface area (Å²) in [5.41, 5.74) is 1.21. The lowest BCUT2D eigenvalue weighted by Gasteiger charge is -2.03. The van der Waals surface area contributed by atoms with E-state index in [2.05, 4.69) is 10.1 Å². The summed E-state index contributed by atoms with van der Waals surface area (Å²) < 4.78 is 9.53. The van der Waals surface area contributed by atoms with E-state index in [4.69, 9.17) is 4.74 Å². The van der Waals surface area contributed by atoms with Crippen molar-refractivity contribution in [2.24, 2.45) is 0 Å². The van der Waals surface area contributed by atoms with Gasteiger partial charge in [-0.15, -0.1) is 0 Å². The minimum absolute atomic E-state index is 0.359. The van der Waals surface area contributed by atoms with Crippen LogP contribution in [0.4, 0.5) is 0 Å². The molecule has 1 aromatic carbocycles. The molecule has 1 aromatic rings. The zero-order valence-electron chi connectivity index (χ0n) is 10.1. The molecule has 0 aliphatic heterocycles. The van der Waals surface area contributed by atoms with Crippen molar-refractivity contribution >= 4 is 5.97 Å². The molecule has 0 atom stereocenters. The van der Waals surface area contributed by atoms with Crippen molar-refractivity contribution in [3.8, 4) is 5.75 Å². The lowest BCUT2D eigenvalue weighted by Crippen LogP contribution is -2.10. The van der Waals surface area contributed by atoms with E-state index in [9.17, 15) is 4.79 Å². The Morgan fingerprint density at radius 2 is 2.00 bits per heavy atom. The first-order chi connectivity index (χ1) is 8.26. The Morgan fingerprint density at radius 1 is 1.29 bits per heavy atom. The number of methoxy groups -OCH3 is 2. The van der Waals surface area contributed by atoms with E-state index < -0.39 is 0 Å². The van der Waals surface area contributed by atoms with E-state index in [1.165, 1.54) is 18.7 Å². The molecule has 1 rings (SSSR count). The first kappa shape index (κ1) is 13.1. The number of ether oxygens (including phenoxy) is 2. The number of hydrogen-bond donors (Lipinski definition) is 1. The van der Waals surface area contributed by atoms with Crippen LogP contribution < -0.4 is 10.1 Å². The van der Waals surface area contributed by atoms with Crippen LogP contribution in [-0.4, -0.2) is 26.7 Å². The number of benzene rings is 1. The summed E-state index contributed by atoms with van der Waals surface area (Å²) in [6, 6.07) is 7.90. The van der Waals surface area contributed by atoms with Crippen molar-refractivity contribution in [2.75, 3.05) is 20.8 Å². The predicted octanol–water partition coefficient (Wildman–Crippen LogP) is 1.51. The Hall–Kier alpha value is -1.97. The van der Waals surface area contributed by atoms with E-state index in [-0.39, 0.29) is 5.97 Å². The van der Waals surface area contributed by atoms with E-state index in [0.29, 0.717) is 0 Å². The predicted molar refractivity (Wildman–Crippen MR) is 65.9 cm³/mol. The highest BCUT2D eigenvalue weighted by Gasteiger charge is 1.94. The maximum Gasteiger partial charge on any atom is 0.331 e. The minimum atomic E-state index is -0.359. The standard InChI is InChI=1S/C13H17NO3/c1-16-12-5-3-11(4-6-12)7-9-14-10-8-13(15)17-2/h3-6,8,10,14H,7,9H2,1-2H3/b10-8-. The molecule has 0 aromatic heterocycles. The molecule has 17 heavy (non-hydrogen) atoms. The summed E-state index contributed by atoms with van der Waals surface area (Å²) in [6.45, 7) is 0.764. The van der Waals surface area contributed by atoms with Crippen LogP contribution in [0, 0.1) is 0 Å². The number of hydrogen-bond acceptors (Lipinski definition) is 4. The molecule has 1 N–H and O–H groups in total. The Bertz CT molecular complexity index is 371. The molecule has 0 saturated heterocycles. The van der Waals surface area contributed by atoms with Crippen LogP contribution in [0.1, 0.15) is 5.56 Å². The van der Waals surface area contributed by atoms with Gasteiger partial charge < -0.3 is 14.8 Å². The Balaban J connectivity index is 2.26. The number of rotatable bonds is 6. The average Bonchev–Trinajstić information content (AvgIpc) is 2.38. The fourth-order valence-electron chi connectivity index (χ4n) is 1.29. The molecule has 0 saturated carbocycles. The van der Waals surface area contributed by atoms with E-state index in [1.54, 1.807) is 13.3 Å². The quantitative estimate of drug-likeness (QED) is 0.461. The van der Waals surface area contributed by atoms with Gasteiger partial charge in [-0.05, 0) is 24.1 Å². The van der Waals surface area contributed by atoms with Gasteiger partial charge in [-0.2, -0.15) is 0 Å². The molecule has 92 valence electrons. The zero-order chi connectivity index (χ0) is 12.5. The molecular weight excluding hydrogens is 218 g/mol. The Morgan fingerprint density at radius 3 is 2.59 bits per heavy atom. The second kappa shape index (κ2) is 7.33. The SMILES string of the molecule is COC(=O)/C=C\NCCc1ccc(OC)cc1. The molecule has 0 spiro atoms. The molecule has 0 aliphatic carbocycles. The summed E-state index contributed by atoms with van der Waals surface area (Å²) in [5.74, 6) is 0.495. The molecule has 0 heterocycles. The fraction of sp³-hybridized carbons (Fsp3) is 0.308. The van der Waals surface area contributed by atoms with Gasteiger partial charge in [0.1, 0.15) is 5.75 Å². The normalized spacial score (nSPS) is 10.2. The van der Waals surface area contributed by atoms with Crippen molar-refractivity contribution in [2.45, 2.75) is 6.42 Å². The number of esters is 1. The molecule has 0 unspecified atom stereocenters. The number of nitrogens with one attached hydrogen (secondary N) is 1. The highest BCUT2D eigenvalue weighted by molar-refractivity contribution is 5.81. The second-order valence-electron chi connectivity index (χ2n) is 3.41. The second-order valence-corrected chi connectivity index (χ2v) is 3.41. The Kier molecular flexibility index (Phi) is 5.64. The third kappa shape index (κ3) is 5.06. The van der Waals surface area contributed by atoms with Gasteiger partial charge in [0.15, 0.2) is 0 Å². The van der Waals surface area contributed by atoms with Crippen LogP contribution in [0.2, 0.25) is 0 Å². The summed E-state index contributed by atoms with van der Waals surface area (Å²) >= 11 is 0. The van der Waals surface area contributed by atoms with Crippen molar-refractivity contribution in [3.63, 3.8) is 0 Å². The van der Waals surface area contributed by atoms with Crippen LogP contribution in [0.15, 0.2) is 36.5 Å². The summed E-state index contributed by atoms with van der Waals surface area (Å²) in [6.07, 6.45) is 3.83. The molecule has 4 nitrogen and oxygen atoms in total. The highest BCUT2D eigenvalue weighted by atomic mass is 16.5. The topological polar surface area (TPSA) is 47.6 Å². The Labute approximate surface area is 101 Å². The van der Waals surface area contributed by atoms with Crippen molar-refractivity contribution < 1.29 is 14.3 Å². The van der Waals surface area contributed by atoms with Gasteiger partial charge in [-0.1, -0.05) is 12.1 Å². The largest absolute Gasteiger partial charge is 0.497 e. The smallest absolute Gasteiger partial charge is 0.331 e. The monoisotopic (exact) mass is 235 g/mol. The third-order valence-electron chi connectivity index (χ3n) is 2.26. The van der Waals surface area contributed by atoms with Gasteiger partial charge in [-0.3, -0.25) is 0 Å². The molecule has 4 heteroatoms. The molecular formula is C13H17NO3. The number of carbonyl (C=O) groups is 1. The van der Waals surface area contributed by atoms with Gasteiger partial charge in [0.25, 0.3) is 0 Å². The first-order valence-electron chi connectivity index (χ1n) is 5.37. The summed E-state index contributed by atoms with van der Waals surface area (Å²) in [7, 11) is 3.00. The van der Waals surface area contributed by atoms with Crippen LogP contribution >= 0.6 is 0 Å². The maximum atomic E-state index is 10.8. The molecule has 0 bridgehead atoms. The molecule has 0 radical (unpaired) electrons. The fourth-order valence-corrected chi connectivity index (χ4v) is 1.29. The summed E-state index contributed by atoms with van der Waals surface area (Å²) in [4.78, 5) is 10.8. The van der Waals surface area contributed by atoms with Crippen molar-refractivity contribution in [1.29, 1.82) is 0 Å². The van der Waals surface area contributed by atoms with E-state index >= 15 is 0 Å². The molecule has 0 amide bonds. The van der Waals surface area contributed by atoms with E-state index in [0.717, 1.165) is 18.7 Å². The maximum absolute atomic E-state index is 10.8. The lowest BCUT2D eigenvalue weighted by atomic mass is 10.1. The zero-order valence-corrected chi connectivity index (χ0v) is 10.1. The number of carbonyl (C=O) groups excluding carboxylic acids is 1. The van der Waals surface area contributed by atoms with Crippen LogP contribution in [-0.2, 0) is 16.0 Å². The van der Waals surface area contributed by atoms with Gasteiger partial charge in [0, 0.05) is 18.8 Å². The van der Waals surface area contributed by atoms with Gasteiger partial charge in [0.2, 0.25) is 0 Å². The average molecular weight is 235 g/mol.